The number of hydrogen-bond donors (Lipinski definition) is 2. The average molecular weight is 342 g/mol. The zero-order valence-electron chi connectivity index (χ0n) is 11.4. The smallest absolute Gasteiger partial charge is 0.239 e. The van der Waals surface area contributed by atoms with Crippen molar-refractivity contribution >= 4 is 27.7 Å². The molecule has 110 valence electrons. The van der Waals surface area contributed by atoms with E-state index >= 15 is 0 Å². The van der Waals surface area contributed by atoms with E-state index in [1.54, 1.807) is 12.3 Å². The molecule has 20 heavy (non-hydrogen) atoms. The van der Waals surface area contributed by atoms with Crippen LogP contribution in [0.25, 0.3) is 0 Å². The maximum Gasteiger partial charge on any atom is 0.239 e. The maximum absolute atomic E-state index is 12.0. The molecule has 1 aromatic heterocycles. The van der Waals surface area contributed by atoms with Crippen LogP contribution in [0, 0.1) is 0 Å². The molecule has 0 bridgehead atoms. The number of anilines is 1. The molecule has 0 saturated heterocycles. The first-order valence-electron chi connectivity index (χ1n) is 6.95. The van der Waals surface area contributed by atoms with Crippen molar-refractivity contribution in [3.05, 3.63) is 22.8 Å². The van der Waals surface area contributed by atoms with Crippen molar-refractivity contribution in [2.24, 2.45) is 0 Å². The van der Waals surface area contributed by atoms with E-state index in [4.69, 9.17) is 5.11 Å². The van der Waals surface area contributed by atoms with Crippen LogP contribution in [0.2, 0.25) is 0 Å². The van der Waals surface area contributed by atoms with Gasteiger partial charge in [0.2, 0.25) is 5.91 Å². The highest BCUT2D eigenvalue weighted by molar-refractivity contribution is 9.10. The number of aromatic nitrogens is 1. The molecule has 0 unspecified atom stereocenters. The standard InChI is InChI=1S/C14H20BrN3O2/c15-11-5-6-13(16-9-11)17-14(20)10-18(7-2-8-19)12-3-1-4-12/h5-6,9,12,19H,1-4,7-8,10H2,(H,16,17,20). The minimum atomic E-state index is -0.0512. The molecule has 6 heteroatoms. The zero-order chi connectivity index (χ0) is 14.4. The number of carbonyl (C=O) groups is 1. The van der Waals surface area contributed by atoms with Gasteiger partial charge in [-0.25, -0.2) is 4.98 Å². The Morgan fingerprint density at radius 1 is 1.50 bits per heavy atom. The number of aliphatic hydroxyl groups is 1. The number of aliphatic hydroxyl groups excluding tert-OH is 1. The Labute approximate surface area is 127 Å². The van der Waals surface area contributed by atoms with Gasteiger partial charge in [-0.15, -0.1) is 0 Å². The fourth-order valence-electron chi connectivity index (χ4n) is 2.23. The molecule has 1 aromatic rings. The summed E-state index contributed by atoms with van der Waals surface area (Å²) in [5.41, 5.74) is 0. The first-order chi connectivity index (χ1) is 9.69. The normalized spacial score (nSPS) is 15.2. The van der Waals surface area contributed by atoms with Gasteiger partial charge in [-0.05, 0) is 47.3 Å². The lowest BCUT2D eigenvalue weighted by molar-refractivity contribution is -0.118. The molecule has 2 rings (SSSR count). The third-order valence-electron chi connectivity index (χ3n) is 3.54. The predicted octanol–water partition coefficient (Wildman–Crippen LogP) is 2.02. The van der Waals surface area contributed by atoms with Crippen LogP contribution in [0.3, 0.4) is 0 Å². The molecule has 0 aliphatic heterocycles. The van der Waals surface area contributed by atoms with Crippen molar-refractivity contribution in [2.75, 3.05) is 25.0 Å². The van der Waals surface area contributed by atoms with E-state index in [0.29, 0.717) is 24.8 Å². The molecule has 1 heterocycles. The van der Waals surface area contributed by atoms with Gasteiger partial charge in [0.15, 0.2) is 0 Å². The molecule has 0 radical (unpaired) electrons. The van der Waals surface area contributed by atoms with E-state index in [1.165, 1.54) is 6.42 Å². The van der Waals surface area contributed by atoms with Crippen LogP contribution in [0.4, 0.5) is 5.82 Å². The van der Waals surface area contributed by atoms with Gasteiger partial charge in [-0.3, -0.25) is 9.69 Å². The summed E-state index contributed by atoms with van der Waals surface area (Å²) in [7, 11) is 0. The maximum atomic E-state index is 12.0. The second-order valence-electron chi connectivity index (χ2n) is 5.04. The topological polar surface area (TPSA) is 65.5 Å². The molecule has 0 atom stereocenters. The van der Waals surface area contributed by atoms with Crippen LogP contribution in [-0.4, -0.2) is 46.6 Å². The molecule has 1 saturated carbocycles. The molecule has 2 N–H and O–H groups in total. The molecule has 1 fully saturated rings. The Bertz CT molecular complexity index is 435. The second-order valence-corrected chi connectivity index (χ2v) is 5.96. The molecular formula is C14H20BrN3O2. The van der Waals surface area contributed by atoms with Gasteiger partial charge in [0.1, 0.15) is 5.82 Å². The van der Waals surface area contributed by atoms with Crippen molar-refractivity contribution in [1.82, 2.24) is 9.88 Å². The van der Waals surface area contributed by atoms with Gasteiger partial charge >= 0.3 is 0 Å². The highest BCUT2D eigenvalue weighted by Crippen LogP contribution is 2.24. The molecular weight excluding hydrogens is 322 g/mol. The Morgan fingerprint density at radius 3 is 2.85 bits per heavy atom. The molecule has 0 aromatic carbocycles. The highest BCUT2D eigenvalue weighted by Gasteiger charge is 2.26. The third-order valence-corrected chi connectivity index (χ3v) is 4.01. The van der Waals surface area contributed by atoms with Gasteiger partial charge in [-0.2, -0.15) is 0 Å². The molecule has 1 aliphatic carbocycles. The number of hydrogen-bond acceptors (Lipinski definition) is 4. The van der Waals surface area contributed by atoms with Crippen LogP contribution < -0.4 is 5.32 Å². The highest BCUT2D eigenvalue weighted by atomic mass is 79.9. The van der Waals surface area contributed by atoms with Crippen LogP contribution in [0.15, 0.2) is 22.8 Å². The first-order valence-corrected chi connectivity index (χ1v) is 7.74. The van der Waals surface area contributed by atoms with E-state index in [1.807, 2.05) is 6.07 Å². The van der Waals surface area contributed by atoms with Crippen molar-refractivity contribution < 1.29 is 9.90 Å². The Kier molecular flexibility index (Phi) is 5.94. The summed E-state index contributed by atoms with van der Waals surface area (Å²) in [6.07, 6.45) is 5.89. The van der Waals surface area contributed by atoms with Gasteiger partial charge in [0, 0.05) is 29.9 Å². The lowest BCUT2D eigenvalue weighted by Gasteiger charge is -2.37. The monoisotopic (exact) mass is 341 g/mol. The molecule has 5 nitrogen and oxygen atoms in total. The number of pyridine rings is 1. The summed E-state index contributed by atoms with van der Waals surface area (Å²) in [6.45, 7) is 1.30. The summed E-state index contributed by atoms with van der Waals surface area (Å²) < 4.78 is 0.884. The Morgan fingerprint density at radius 2 is 2.30 bits per heavy atom. The minimum absolute atomic E-state index is 0.0512. The summed E-state index contributed by atoms with van der Waals surface area (Å²) in [5.74, 6) is 0.513. The van der Waals surface area contributed by atoms with Crippen LogP contribution >= 0.6 is 15.9 Å². The largest absolute Gasteiger partial charge is 0.396 e. The molecule has 0 spiro atoms. The van der Waals surface area contributed by atoms with E-state index in [0.717, 1.165) is 23.9 Å². The number of nitrogens with one attached hydrogen (secondary N) is 1. The quantitative estimate of drug-likeness (QED) is 0.796. The van der Waals surface area contributed by atoms with Crippen molar-refractivity contribution in [2.45, 2.75) is 31.7 Å². The third kappa shape index (κ3) is 4.54. The fourth-order valence-corrected chi connectivity index (χ4v) is 2.47. The van der Waals surface area contributed by atoms with Gasteiger partial charge < -0.3 is 10.4 Å². The Hall–Kier alpha value is -0.980. The average Bonchev–Trinajstić information content (AvgIpc) is 2.36. The lowest BCUT2D eigenvalue weighted by Crippen LogP contribution is -2.45. The number of rotatable bonds is 7. The second kappa shape index (κ2) is 7.71. The summed E-state index contributed by atoms with van der Waals surface area (Å²) >= 11 is 3.31. The van der Waals surface area contributed by atoms with Gasteiger partial charge in [-0.1, -0.05) is 6.42 Å². The molecule has 1 aliphatic rings. The van der Waals surface area contributed by atoms with Crippen molar-refractivity contribution in [3.63, 3.8) is 0 Å². The summed E-state index contributed by atoms with van der Waals surface area (Å²) in [5, 5.41) is 11.7. The van der Waals surface area contributed by atoms with Crippen molar-refractivity contribution in [1.29, 1.82) is 0 Å². The van der Waals surface area contributed by atoms with Crippen LogP contribution in [-0.2, 0) is 4.79 Å². The number of carbonyl (C=O) groups excluding carboxylic acids is 1. The number of nitrogens with zero attached hydrogens (tertiary/aromatic N) is 2. The minimum Gasteiger partial charge on any atom is -0.396 e. The fraction of sp³-hybridized carbons (Fsp3) is 0.571. The number of amides is 1. The summed E-state index contributed by atoms with van der Waals surface area (Å²) in [6, 6.07) is 4.10. The SMILES string of the molecule is O=C(CN(CCCO)C1CCC1)Nc1ccc(Br)cn1. The van der Waals surface area contributed by atoms with Gasteiger partial charge in [0.25, 0.3) is 0 Å². The predicted molar refractivity (Wildman–Crippen MR) is 81.5 cm³/mol. The van der Waals surface area contributed by atoms with Crippen LogP contribution in [0.5, 0.6) is 0 Å². The zero-order valence-corrected chi connectivity index (χ0v) is 13.0. The Balaban J connectivity index is 1.85. The molecule has 1 amide bonds. The van der Waals surface area contributed by atoms with Crippen molar-refractivity contribution in [3.8, 4) is 0 Å². The van der Waals surface area contributed by atoms with Crippen LogP contribution in [0.1, 0.15) is 25.7 Å². The van der Waals surface area contributed by atoms with E-state index < -0.39 is 0 Å². The number of halogens is 1. The lowest BCUT2D eigenvalue weighted by atomic mass is 9.91. The van der Waals surface area contributed by atoms with E-state index in [-0.39, 0.29) is 12.5 Å². The summed E-state index contributed by atoms with van der Waals surface area (Å²) in [4.78, 5) is 18.3. The van der Waals surface area contributed by atoms with E-state index in [2.05, 4.69) is 31.1 Å². The van der Waals surface area contributed by atoms with Gasteiger partial charge in [0.05, 0.1) is 6.54 Å². The van der Waals surface area contributed by atoms with E-state index in [9.17, 15) is 4.79 Å². The first kappa shape index (κ1) is 15.4.